The lowest BCUT2D eigenvalue weighted by Gasteiger charge is -2.19. The molecule has 7 heteroatoms. The Morgan fingerprint density at radius 1 is 1.19 bits per heavy atom. The number of amides is 1. The fourth-order valence-corrected chi connectivity index (χ4v) is 3.32. The molecule has 0 saturated carbocycles. The van der Waals surface area contributed by atoms with Crippen LogP contribution in [0.25, 0.3) is 0 Å². The average molecular weight is 391 g/mol. The van der Waals surface area contributed by atoms with E-state index < -0.39 is 10.0 Å². The van der Waals surface area contributed by atoms with Crippen LogP contribution in [0.1, 0.15) is 27.9 Å². The van der Waals surface area contributed by atoms with Gasteiger partial charge in [-0.05, 0) is 61.2 Å². The van der Waals surface area contributed by atoms with E-state index in [-0.39, 0.29) is 5.91 Å². The monoisotopic (exact) mass is 390 g/mol. The van der Waals surface area contributed by atoms with Gasteiger partial charge in [0, 0.05) is 19.2 Å². The maximum absolute atomic E-state index is 12.3. The van der Waals surface area contributed by atoms with Crippen molar-refractivity contribution in [1.29, 1.82) is 0 Å². The van der Waals surface area contributed by atoms with Crippen molar-refractivity contribution in [3.8, 4) is 5.75 Å². The van der Waals surface area contributed by atoms with Gasteiger partial charge in [0.05, 0.1) is 19.1 Å². The number of methoxy groups -OCH3 is 1. The first-order chi connectivity index (χ1) is 12.7. The Labute approximate surface area is 161 Å². The molecule has 0 aliphatic carbocycles. The highest BCUT2D eigenvalue weighted by molar-refractivity contribution is 7.92. The first-order valence-electron chi connectivity index (χ1n) is 8.68. The van der Waals surface area contributed by atoms with Crippen LogP contribution in [0, 0.1) is 6.92 Å². The summed E-state index contributed by atoms with van der Waals surface area (Å²) in [6.07, 6.45) is 2.80. The molecule has 0 spiro atoms. The number of nitrogens with zero attached hydrogens (tertiary/aromatic N) is 1. The maximum Gasteiger partial charge on any atom is 0.251 e. The molecule has 0 aromatic heterocycles. The zero-order chi connectivity index (χ0) is 20.0. The van der Waals surface area contributed by atoms with Gasteiger partial charge in [0.25, 0.3) is 5.91 Å². The summed E-state index contributed by atoms with van der Waals surface area (Å²) in [5, 5.41) is 2.90. The quantitative estimate of drug-likeness (QED) is 0.703. The van der Waals surface area contributed by atoms with E-state index in [1.807, 2.05) is 24.3 Å². The van der Waals surface area contributed by atoms with Crippen LogP contribution >= 0.6 is 0 Å². The molecule has 0 atom stereocenters. The van der Waals surface area contributed by atoms with E-state index in [9.17, 15) is 13.2 Å². The van der Waals surface area contributed by atoms with E-state index in [0.717, 1.165) is 36.0 Å². The minimum absolute atomic E-state index is 0.169. The normalized spacial score (nSPS) is 11.1. The predicted molar refractivity (Wildman–Crippen MR) is 108 cm³/mol. The third-order valence-electron chi connectivity index (χ3n) is 4.36. The highest BCUT2D eigenvalue weighted by Crippen LogP contribution is 2.22. The summed E-state index contributed by atoms with van der Waals surface area (Å²) in [6, 6.07) is 12.9. The fraction of sp³-hybridized carbons (Fsp3) is 0.350. The minimum atomic E-state index is -3.34. The Balaban J connectivity index is 1.91. The third kappa shape index (κ3) is 5.72. The lowest BCUT2D eigenvalue weighted by atomic mass is 10.1. The van der Waals surface area contributed by atoms with Crippen LogP contribution in [0.5, 0.6) is 5.75 Å². The molecular formula is C20H26N2O4S. The van der Waals surface area contributed by atoms with E-state index in [0.29, 0.717) is 17.8 Å². The molecule has 6 nitrogen and oxygen atoms in total. The molecule has 0 aliphatic rings. The van der Waals surface area contributed by atoms with Crippen molar-refractivity contribution in [3.05, 3.63) is 59.2 Å². The lowest BCUT2D eigenvalue weighted by molar-refractivity contribution is 0.0953. The molecule has 0 fully saturated rings. The summed E-state index contributed by atoms with van der Waals surface area (Å²) in [5.41, 5.74) is 2.96. The molecule has 0 aliphatic heterocycles. The molecule has 0 saturated heterocycles. The van der Waals surface area contributed by atoms with Gasteiger partial charge in [-0.1, -0.05) is 12.1 Å². The van der Waals surface area contributed by atoms with Crippen LogP contribution in [0.15, 0.2) is 42.5 Å². The molecule has 2 rings (SSSR count). The SMILES string of the molecule is COc1cccc(CCCNC(=O)c2ccc(N(C)S(C)(=O)=O)c(C)c2)c1. The zero-order valence-electron chi connectivity index (χ0n) is 16.2. The first-order valence-corrected chi connectivity index (χ1v) is 10.5. The number of benzene rings is 2. The summed E-state index contributed by atoms with van der Waals surface area (Å²) in [5.74, 6) is 0.656. The van der Waals surface area contributed by atoms with Crippen LogP contribution in [0.3, 0.4) is 0 Å². The van der Waals surface area contributed by atoms with E-state index in [1.54, 1.807) is 32.2 Å². The van der Waals surface area contributed by atoms with Gasteiger partial charge in [0.2, 0.25) is 10.0 Å². The van der Waals surface area contributed by atoms with Gasteiger partial charge in [-0.2, -0.15) is 0 Å². The van der Waals surface area contributed by atoms with Gasteiger partial charge in [-0.25, -0.2) is 8.42 Å². The summed E-state index contributed by atoms with van der Waals surface area (Å²) >= 11 is 0. The van der Waals surface area contributed by atoms with E-state index in [1.165, 1.54) is 11.4 Å². The van der Waals surface area contributed by atoms with Gasteiger partial charge in [0.15, 0.2) is 0 Å². The van der Waals surface area contributed by atoms with Crippen molar-refractivity contribution in [2.45, 2.75) is 19.8 Å². The van der Waals surface area contributed by atoms with Gasteiger partial charge in [0.1, 0.15) is 5.75 Å². The number of hydrogen-bond donors (Lipinski definition) is 1. The topological polar surface area (TPSA) is 75.7 Å². The van der Waals surface area contributed by atoms with Crippen LogP contribution in [-0.2, 0) is 16.4 Å². The van der Waals surface area contributed by atoms with E-state index in [4.69, 9.17) is 4.74 Å². The van der Waals surface area contributed by atoms with Gasteiger partial charge in [-0.3, -0.25) is 9.10 Å². The van der Waals surface area contributed by atoms with Crippen LogP contribution in [-0.4, -0.2) is 41.3 Å². The Morgan fingerprint density at radius 3 is 2.56 bits per heavy atom. The minimum Gasteiger partial charge on any atom is -0.497 e. The Bertz CT molecular complexity index is 910. The lowest BCUT2D eigenvalue weighted by Crippen LogP contribution is -2.27. The smallest absolute Gasteiger partial charge is 0.251 e. The standard InChI is InChI=1S/C20H26N2O4S/c1-15-13-17(10-11-19(15)22(2)27(4,24)25)20(23)21-12-6-8-16-7-5-9-18(14-16)26-3/h5,7,9-11,13-14H,6,8,12H2,1-4H3,(H,21,23). The molecule has 0 radical (unpaired) electrons. The van der Waals surface area contributed by atoms with Crippen molar-refractivity contribution in [3.63, 3.8) is 0 Å². The molecular weight excluding hydrogens is 364 g/mol. The predicted octanol–water partition coefficient (Wildman–Crippen LogP) is 2.76. The highest BCUT2D eigenvalue weighted by atomic mass is 32.2. The third-order valence-corrected chi connectivity index (χ3v) is 5.55. The second kappa shape index (κ2) is 8.90. The average Bonchev–Trinajstić information content (AvgIpc) is 2.63. The van der Waals surface area contributed by atoms with Gasteiger partial charge >= 0.3 is 0 Å². The van der Waals surface area contributed by atoms with Gasteiger partial charge < -0.3 is 10.1 Å². The van der Waals surface area contributed by atoms with Gasteiger partial charge in [-0.15, -0.1) is 0 Å². The molecule has 1 amide bonds. The van der Waals surface area contributed by atoms with E-state index in [2.05, 4.69) is 5.32 Å². The number of rotatable bonds is 8. The summed E-state index contributed by atoms with van der Waals surface area (Å²) in [7, 11) is -0.201. The van der Waals surface area contributed by atoms with Crippen molar-refractivity contribution >= 4 is 21.6 Å². The Hall–Kier alpha value is -2.54. The Morgan fingerprint density at radius 2 is 1.93 bits per heavy atom. The second-order valence-corrected chi connectivity index (χ2v) is 8.46. The number of anilines is 1. The number of carbonyl (C=O) groups is 1. The second-order valence-electron chi connectivity index (χ2n) is 6.44. The van der Waals surface area contributed by atoms with Crippen molar-refractivity contribution in [2.75, 3.05) is 31.3 Å². The van der Waals surface area contributed by atoms with E-state index >= 15 is 0 Å². The molecule has 0 bridgehead atoms. The van der Waals surface area contributed by atoms with Crippen LogP contribution in [0.2, 0.25) is 0 Å². The number of nitrogens with one attached hydrogen (secondary N) is 1. The Kier molecular flexibility index (Phi) is 6.85. The van der Waals surface area contributed by atoms with Crippen molar-refractivity contribution in [2.24, 2.45) is 0 Å². The highest BCUT2D eigenvalue weighted by Gasteiger charge is 2.15. The van der Waals surface area contributed by atoms with Crippen molar-refractivity contribution in [1.82, 2.24) is 5.32 Å². The summed E-state index contributed by atoms with van der Waals surface area (Å²) in [4.78, 5) is 12.3. The fourth-order valence-electron chi connectivity index (χ4n) is 2.75. The summed E-state index contributed by atoms with van der Waals surface area (Å²) in [6.45, 7) is 2.34. The first kappa shape index (κ1) is 20.8. The molecule has 0 heterocycles. The molecule has 2 aromatic carbocycles. The number of hydrogen-bond acceptors (Lipinski definition) is 4. The molecule has 0 unspecified atom stereocenters. The van der Waals surface area contributed by atoms with Crippen molar-refractivity contribution < 1.29 is 17.9 Å². The van der Waals surface area contributed by atoms with Crippen LogP contribution < -0.4 is 14.4 Å². The number of carbonyl (C=O) groups excluding carboxylic acids is 1. The molecule has 1 N–H and O–H groups in total. The molecule has 146 valence electrons. The molecule has 2 aromatic rings. The molecule has 27 heavy (non-hydrogen) atoms. The maximum atomic E-state index is 12.3. The van der Waals surface area contributed by atoms with Crippen LogP contribution in [0.4, 0.5) is 5.69 Å². The number of aryl methyl sites for hydroxylation is 2. The summed E-state index contributed by atoms with van der Waals surface area (Å²) < 4.78 is 29.8. The zero-order valence-corrected chi connectivity index (χ0v) is 17.0. The number of ether oxygens (including phenoxy) is 1. The number of sulfonamides is 1. The largest absolute Gasteiger partial charge is 0.497 e.